The van der Waals surface area contributed by atoms with Gasteiger partial charge < -0.3 is 20.6 Å². The summed E-state index contributed by atoms with van der Waals surface area (Å²) in [6, 6.07) is 5.73. The maximum atomic E-state index is 11.9. The van der Waals surface area contributed by atoms with Gasteiger partial charge in [0.05, 0.1) is 6.04 Å². The number of nitrogens with zero attached hydrogens (tertiary/aromatic N) is 1. The second kappa shape index (κ2) is 5.63. The molecule has 0 bridgehead atoms. The number of phenolic OH excluding ortho intramolecular Hbond substituents is 1. The first kappa shape index (κ1) is 15.2. The predicted molar refractivity (Wildman–Crippen MR) is 80.1 cm³/mol. The van der Waals surface area contributed by atoms with Gasteiger partial charge in [0.2, 0.25) is 5.91 Å². The third-order valence-corrected chi connectivity index (χ3v) is 3.37. The SMILES string of the molecule is CC(C)(C)N1CC(NC(=O)Nc2cccc(O)c2)CC1=O. The van der Waals surface area contributed by atoms with Crippen LogP contribution >= 0.6 is 0 Å². The van der Waals surface area contributed by atoms with Gasteiger partial charge in [-0.3, -0.25) is 4.79 Å². The molecule has 0 spiro atoms. The number of urea groups is 1. The molecule has 3 N–H and O–H groups in total. The van der Waals surface area contributed by atoms with Crippen molar-refractivity contribution in [3.8, 4) is 5.75 Å². The Balaban J connectivity index is 1.91. The van der Waals surface area contributed by atoms with Crippen LogP contribution in [0.4, 0.5) is 10.5 Å². The second-order valence-electron chi connectivity index (χ2n) is 6.23. The van der Waals surface area contributed by atoms with Crippen LogP contribution in [-0.4, -0.2) is 40.1 Å². The molecule has 114 valence electrons. The van der Waals surface area contributed by atoms with E-state index in [1.165, 1.54) is 12.1 Å². The molecule has 1 aromatic carbocycles. The Bertz CT molecular complexity index is 551. The molecule has 3 amide bonds. The van der Waals surface area contributed by atoms with Gasteiger partial charge in [0.15, 0.2) is 0 Å². The van der Waals surface area contributed by atoms with Crippen molar-refractivity contribution in [3.05, 3.63) is 24.3 Å². The summed E-state index contributed by atoms with van der Waals surface area (Å²) in [7, 11) is 0. The number of phenols is 1. The molecule has 2 rings (SSSR count). The van der Waals surface area contributed by atoms with E-state index in [1.54, 1.807) is 17.0 Å². The molecule has 0 aromatic heterocycles. The van der Waals surface area contributed by atoms with Crippen molar-refractivity contribution in [2.45, 2.75) is 38.8 Å². The summed E-state index contributed by atoms with van der Waals surface area (Å²) in [5.74, 6) is 0.132. The highest BCUT2D eigenvalue weighted by Gasteiger charge is 2.36. The van der Waals surface area contributed by atoms with Gasteiger partial charge in [-0.1, -0.05) is 6.07 Å². The number of carbonyl (C=O) groups excluding carboxylic acids is 2. The van der Waals surface area contributed by atoms with Crippen LogP contribution in [0.5, 0.6) is 5.75 Å². The highest BCUT2D eigenvalue weighted by molar-refractivity contribution is 5.90. The number of rotatable bonds is 2. The third-order valence-electron chi connectivity index (χ3n) is 3.37. The molecule has 6 heteroatoms. The van der Waals surface area contributed by atoms with Gasteiger partial charge in [-0.15, -0.1) is 0 Å². The molecule has 0 radical (unpaired) electrons. The van der Waals surface area contributed by atoms with Crippen molar-refractivity contribution < 1.29 is 14.7 Å². The average Bonchev–Trinajstić information content (AvgIpc) is 2.69. The Morgan fingerprint density at radius 2 is 2.10 bits per heavy atom. The number of anilines is 1. The standard InChI is InChI=1S/C15H21N3O3/c1-15(2,3)18-9-11(8-13(18)20)17-14(21)16-10-5-4-6-12(19)7-10/h4-7,11,19H,8-9H2,1-3H3,(H2,16,17,21). The summed E-state index contributed by atoms with van der Waals surface area (Å²) < 4.78 is 0. The fourth-order valence-electron chi connectivity index (χ4n) is 2.39. The van der Waals surface area contributed by atoms with Gasteiger partial charge >= 0.3 is 6.03 Å². The Kier molecular flexibility index (Phi) is 4.06. The van der Waals surface area contributed by atoms with Gasteiger partial charge in [0.25, 0.3) is 0 Å². The van der Waals surface area contributed by atoms with Crippen molar-refractivity contribution in [2.24, 2.45) is 0 Å². The number of nitrogens with one attached hydrogen (secondary N) is 2. The van der Waals surface area contributed by atoms with E-state index in [-0.39, 0.29) is 29.3 Å². The lowest BCUT2D eigenvalue weighted by Crippen LogP contribution is -2.45. The van der Waals surface area contributed by atoms with Crippen molar-refractivity contribution in [1.29, 1.82) is 0 Å². The third kappa shape index (κ3) is 3.87. The highest BCUT2D eigenvalue weighted by atomic mass is 16.3. The number of aromatic hydroxyl groups is 1. The summed E-state index contributed by atoms with van der Waals surface area (Å²) in [4.78, 5) is 25.6. The Morgan fingerprint density at radius 3 is 2.67 bits per heavy atom. The van der Waals surface area contributed by atoms with Crippen LogP contribution < -0.4 is 10.6 Å². The Labute approximate surface area is 124 Å². The molecule has 0 saturated carbocycles. The molecule has 21 heavy (non-hydrogen) atoms. The van der Waals surface area contributed by atoms with E-state index in [0.29, 0.717) is 18.7 Å². The van der Waals surface area contributed by atoms with Crippen molar-refractivity contribution in [1.82, 2.24) is 10.2 Å². The summed E-state index contributed by atoms with van der Waals surface area (Å²) in [5, 5.41) is 14.8. The molecular formula is C15H21N3O3. The Hall–Kier alpha value is -2.24. The number of benzene rings is 1. The molecule has 1 aliphatic rings. The monoisotopic (exact) mass is 291 g/mol. The number of hydrogen-bond donors (Lipinski definition) is 3. The minimum absolute atomic E-state index is 0.0464. The van der Waals surface area contributed by atoms with E-state index in [1.807, 2.05) is 20.8 Å². The zero-order chi connectivity index (χ0) is 15.6. The molecule has 0 aliphatic carbocycles. The first-order valence-corrected chi connectivity index (χ1v) is 6.93. The minimum atomic E-state index is -0.380. The van der Waals surface area contributed by atoms with Crippen LogP contribution in [0, 0.1) is 0 Å². The summed E-state index contributed by atoms with van der Waals surface area (Å²) >= 11 is 0. The quantitative estimate of drug-likeness (QED) is 0.778. The van der Waals surface area contributed by atoms with E-state index in [0.717, 1.165) is 0 Å². The first-order valence-electron chi connectivity index (χ1n) is 6.93. The number of carbonyl (C=O) groups is 2. The van der Waals surface area contributed by atoms with Crippen LogP contribution in [0.25, 0.3) is 0 Å². The average molecular weight is 291 g/mol. The van der Waals surface area contributed by atoms with Gasteiger partial charge in [-0.2, -0.15) is 0 Å². The topological polar surface area (TPSA) is 81.7 Å². The van der Waals surface area contributed by atoms with E-state index in [9.17, 15) is 14.7 Å². The maximum absolute atomic E-state index is 11.9. The normalized spacial score (nSPS) is 18.7. The smallest absolute Gasteiger partial charge is 0.319 e. The Morgan fingerprint density at radius 1 is 1.38 bits per heavy atom. The highest BCUT2D eigenvalue weighted by Crippen LogP contribution is 2.22. The van der Waals surface area contributed by atoms with E-state index in [4.69, 9.17) is 0 Å². The molecule has 1 fully saturated rings. The fraction of sp³-hybridized carbons (Fsp3) is 0.467. The lowest BCUT2D eigenvalue weighted by molar-refractivity contribution is -0.131. The van der Waals surface area contributed by atoms with Crippen LogP contribution in [0.2, 0.25) is 0 Å². The van der Waals surface area contributed by atoms with Crippen LogP contribution in [0.3, 0.4) is 0 Å². The number of likely N-dealkylation sites (tertiary alicyclic amines) is 1. The van der Waals surface area contributed by atoms with Crippen LogP contribution in [0.15, 0.2) is 24.3 Å². The molecule has 1 unspecified atom stereocenters. The summed E-state index contributed by atoms with van der Waals surface area (Å²) in [5.41, 5.74) is 0.263. The predicted octanol–water partition coefficient (Wildman–Crippen LogP) is 1.91. The zero-order valence-electron chi connectivity index (χ0n) is 12.5. The second-order valence-corrected chi connectivity index (χ2v) is 6.23. The number of hydrogen-bond acceptors (Lipinski definition) is 3. The lowest BCUT2D eigenvalue weighted by Gasteiger charge is -2.32. The molecule has 1 saturated heterocycles. The van der Waals surface area contributed by atoms with Crippen molar-refractivity contribution in [3.63, 3.8) is 0 Å². The van der Waals surface area contributed by atoms with E-state index >= 15 is 0 Å². The van der Waals surface area contributed by atoms with E-state index in [2.05, 4.69) is 10.6 Å². The molecule has 1 atom stereocenters. The zero-order valence-corrected chi connectivity index (χ0v) is 12.5. The first-order chi connectivity index (χ1) is 9.75. The molecule has 1 aromatic rings. The molecule has 1 heterocycles. The summed E-state index contributed by atoms with van der Waals surface area (Å²) in [6.45, 7) is 6.43. The van der Waals surface area contributed by atoms with E-state index < -0.39 is 0 Å². The van der Waals surface area contributed by atoms with Gasteiger partial charge in [0, 0.05) is 30.3 Å². The molecular weight excluding hydrogens is 270 g/mol. The molecule has 1 aliphatic heterocycles. The van der Waals surface area contributed by atoms with Crippen molar-refractivity contribution >= 4 is 17.6 Å². The molecule has 6 nitrogen and oxygen atoms in total. The number of amides is 3. The van der Waals surface area contributed by atoms with Gasteiger partial charge in [-0.05, 0) is 32.9 Å². The van der Waals surface area contributed by atoms with Crippen molar-refractivity contribution in [2.75, 3.05) is 11.9 Å². The fourth-order valence-corrected chi connectivity index (χ4v) is 2.39. The lowest BCUT2D eigenvalue weighted by atomic mass is 10.1. The van der Waals surface area contributed by atoms with Gasteiger partial charge in [0.1, 0.15) is 5.75 Å². The maximum Gasteiger partial charge on any atom is 0.319 e. The summed E-state index contributed by atoms with van der Waals surface area (Å²) in [6.07, 6.45) is 0.310. The largest absolute Gasteiger partial charge is 0.508 e. The van der Waals surface area contributed by atoms with Crippen LogP contribution in [-0.2, 0) is 4.79 Å². The van der Waals surface area contributed by atoms with Crippen LogP contribution in [0.1, 0.15) is 27.2 Å². The van der Waals surface area contributed by atoms with Gasteiger partial charge in [-0.25, -0.2) is 4.79 Å². The minimum Gasteiger partial charge on any atom is -0.508 e.